The van der Waals surface area contributed by atoms with E-state index in [4.69, 9.17) is 0 Å². The van der Waals surface area contributed by atoms with Gasteiger partial charge in [-0.05, 0) is 24.3 Å². The van der Waals surface area contributed by atoms with Crippen LogP contribution in [0.1, 0.15) is 5.56 Å². The van der Waals surface area contributed by atoms with Crippen LogP contribution in [0, 0.1) is 5.82 Å². The third kappa shape index (κ3) is 3.09. The molecule has 0 saturated heterocycles. The van der Waals surface area contributed by atoms with Gasteiger partial charge in [-0.25, -0.2) is 9.18 Å². The van der Waals surface area contributed by atoms with Crippen LogP contribution in [0.4, 0.5) is 10.1 Å². The van der Waals surface area contributed by atoms with Crippen LogP contribution in [0.15, 0.2) is 24.3 Å². The Balaban J connectivity index is 2.96. The fraction of sp³-hybridized carbons (Fsp3) is 0.182. The van der Waals surface area contributed by atoms with E-state index in [0.717, 1.165) is 5.69 Å². The van der Waals surface area contributed by atoms with E-state index >= 15 is 0 Å². The predicted molar refractivity (Wildman–Crippen MR) is 57.0 cm³/mol. The second kappa shape index (κ2) is 5.14. The van der Waals surface area contributed by atoms with E-state index in [9.17, 15) is 9.18 Å². The van der Waals surface area contributed by atoms with Gasteiger partial charge in [0.25, 0.3) is 0 Å². The maximum atomic E-state index is 12.9. The summed E-state index contributed by atoms with van der Waals surface area (Å²) in [6.07, 6.45) is 2.75. The fourth-order valence-electron chi connectivity index (χ4n) is 1.13. The molecule has 0 saturated carbocycles. The average Bonchev–Trinajstić information content (AvgIpc) is 2.26. The molecular formula is C11H12FNO2. The first-order chi connectivity index (χ1) is 7.17. The molecule has 1 N–H and O–H groups in total. The van der Waals surface area contributed by atoms with Gasteiger partial charge in [-0.2, -0.15) is 0 Å². The quantitative estimate of drug-likeness (QED) is 0.611. The highest BCUT2D eigenvalue weighted by molar-refractivity contribution is 5.88. The zero-order chi connectivity index (χ0) is 11.3. The van der Waals surface area contributed by atoms with Crippen LogP contribution in [0.5, 0.6) is 0 Å². The molecule has 0 bridgehead atoms. The largest absolute Gasteiger partial charge is 0.466 e. The third-order valence-corrected chi connectivity index (χ3v) is 1.88. The van der Waals surface area contributed by atoms with Crippen molar-refractivity contribution in [1.82, 2.24) is 0 Å². The van der Waals surface area contributed by atoms with Gasteiger partial charge in [0.05, 0.1) is 7.11 Å². The molecule has 0 atom stereocenters. The molecule has 80 valence electrons. The molecule has 0 aliphatic carbocycles. The highest BCUT2D eigenvalue weighted by Crippen LogP contribution is 2.17. The number of nitrogens with one attached hydrogen (secondary N) is 1. The molecule has 3 nitrogen and oxygen atoms in total. The maximum absolute atomic E-state index is 12.9. The van der Waals surface area contributed by atoms with Crippen molar-refractivity contribution in [2.24, 2.45) is 0 Å². The monoisotopic (exact) mass is 209 g/mol. The van der Waals surface area contributed by atoms with Crippen molar-refractivity contribution in [3.63, 3.8) is 0 Å². The Bertz CT molecular complexity index is 388. The number of carbonyl (C=O) groups is 1. The zero-order valence-corrected chi connectivity index (χ0v) is 8.58. The Morgan fingerprint density at radius 2 is 2.27 bits per heavy atom. The normalized spacial score (nSPS) is 10.3. The molecule has 0 fully saturated rings. The molecule has 0 aliphatic heterocycles. The first kappa shape index (κ1) is 11.2. The molecule has 0 aliphatic rings. The lowest BCUT2D eigenvalue weighted by Crippen LogP contribution is -1.95. The molecule has 1 rings (SSSR count). The van der Waals surface area contributed by atoms with Crippen LogP contribution in [0.2, 0.25) is 0 Å². The lowest BCUT2D eigenvalue weighted by atomic mass is 10.1. The Morgan fingerprint density at radius 3 is 2.87 bits per heavy atom. The summed E-state index contributed by atoms with van der Waals surface area (Å²) in [5.74, 6) is -0.820. The van der Waals surface area contributed by atoms with E-state index in [1.54, 1.807) is 13.1 Å². The lowest BCUT2D eigenvalue weighted by Gasteiger charge is -2.04. The Hall–Kier alpha value is -1.84. The van der Waals surface area contributed by atoms with Crippen molar-refractivity contribution in [2.75, 3.05) is 19.5 Å². The van der Waals surface area contributed by atoms with E-state index in [1.807, 2.05) is 0 Å². The molecule has 1 aromatic carbocycles. The van der Waals surface area contributed by atoms with E-state index < -0.39 is 5.97 Å². The van der Waals surface area contributed by atoms with Gasteiger partial charge in [0.2, 0.25) is 0 Å². The van der Waals surface area contributed by atoms with Crippen LogP contribution in [-0.2, 0) is 9.53 Å². The number of anilines is 1. The van der Waals surface area contributed by atoms with Crippen LogP contribution in [0.3, 0.4) is 0 Å². The van der Waals surface area contributed by atoms with Gasteiger partial charge in [0.15, 0.2) is 0 Å². The molecule has 0 spiro atoms. The zero-order valence-electron chi connectivity index (χ0n) is 8.58. The number of hydrogen-bond donors (Lipinski definition) is 1. The molecule has 1 aromatic rings. The van der Waals surface area contributed by atoms with E-state index in [1.165, 1.54) is 31.4 Å². The van der Waals surface area contributed by atoms with Crippen LogP contribution in [-0.4, -0.2) is 20.1 Å². The molecule has 0 radical (unpaired) electrons. The number of benzene rings is 1. The summed E-state index contributed by atoms with van der Waals surface area (Å²) in [4.78, 5) is 10.8. The van der Waals surface area contributed by atoms with E-state index in [-0.39, 0.29) is 5.82 Å². The first-order valence-corrected chi connectivity index (χ1v) is 4.40. The SMILES string of the molecule is CNc1ccc(F)cc1/C=C/C(=O)OC. The smallest absolute Gasteiger partial charge is 0.330 e. The Kier molecular flexibility index (Phi) is 3.85. The molecule has 15 heavy (non-hydrogen) atoms. The van der Waals surface area contributed by atoms with Gasteiger partial charge >= 0.3 is 5.97 Å². The van der Waals surface area contributed by atoms with Gasteiger partial charge in [-0.15, -0.1) is 0 Å². The number of methoxy groups -OCH3 is 1. The highest BCUT2D eigenvalue weighted by atomic mass is 19.1. The van der Waals surface area contributed by atoms with Crippen molar-refractivity contribution in [2.45, 2.75) is 0 Å². The lowest BCUT2D eigenvalue weighted by molar-refractivity contribution is -0.134. The summed E-state index contributed by atoms with van der Waals surface area (Å²) in [5, 5.41) is 2.89. The third-order valence-electron chi connectivity index (χ3n) is 1.88. The Morgan fingerprint density at radius 1 is 1.53 bits per heavy atom. The van der Waals surface area contributed by atoms with Crippen molar-refractivity contribution in [3.8, 4) is 0 Å². The van der Waals surface area contributed by atoms with Gasteiger partial charge in [0, 0.05) is 24.4 Å². The Labute approximate surface area is 87.6 Å². The van der Waals surface area contributed by atoms with Crippen molar-refractivity contribution in [1.29, 1.82) is 0 Å². The molecule has 0 amide bonds. The highest BCUT2D eigenvalue weighted by Gasteiger charge is 2.00. The minimum absolute atomic E-state index is 0.349. The average molecular weight is 209 g/mol. The van der Waals surface area contributed by atoms with Gasteiger partial charge in [-0.1, -0.05) is 0 Å². The van der Waals surface area contributed by atoms with Crippen molar-refractivity contribution in [3.05, 3.63) is 35.7 Å². The van der Waals surface area contributed by atoms with Crippen molar-refractivity contribution < 1.29 is 13.9 Å². The standard InChI is InChI=1S/C11H12FNO2/c1-13-10-5-4-9(12)7-8(10)3-6-11(14)15-2/h3-7,13H,1-2H3/b6-3+. The number of esters is 1. The van der Waals surface area contributed by atoms with Gasteiger partial charge in [-0.3, -0.25) is 0 Å². The number of halogens is 1. The summed E-state index contributed by atoms with van der Waals surface area (Å²) >= 11 is 0. The first-order valence-electron chi connectivity index (χ1n) is 4.40. The van der Waals surface area contributed by atoms with Crippen LogP contribution < -0.4 is 5.32 Å². The van der Waals surface area contributed by atoms with Crippen LogP contribution >= 0.6 is 0 Å². The van der Waals surface area contributed by atoms with Crippen molar-refractivity contribution >= 4 is 17.7 Å². The summed E-state index contributed by atoms with van der Waals surface area (Å²) < 4.78 is 17.3. The minimum Gasteiger partial charge on any atom is -0.466 e. The number of hydrogen-bond acceptors (Lipinski definition) is 3. The molecule has 0 heterocycles. The number of ether oxygens (including phenoxy) is 1. The summed E-state index contributed by atoms with van der Waals surface area (Å²) in [6, 6.07) is 4.29. The molecule has 4 heteroatoms. The molecule has 0 unspecified atom stereocenters. The van der Waals surface area contributed by atoms with Gasteiger partial charge in [0.1, 0.15) is 5.82 Å². The summed E-state index contributed by atoms with van der Waals surface area (Å²) in [7, 11) is 3.01. The fourth-order valence-corrected chi connectivity index (χ4v) is 1.13. The summed E-state index contributed by atoms with van der Waals surface area (Å²) in [6.45, 7) is 0. The van der Waals surface area contributed by atoms with Gasteiger partial charge < -0.3 is 10.1 Å². The topological polar surface area (TPSA) is 38.3 Å². The van der Waals surface area contributed by atoms with E-state index in [2.05, 4.69) is 10.1 Å². The number of rotatable bonds is 3. The minimum atomic E-state index is -0.471. The number of carbonyl (C=O) groups excluding carboxylic acids is 1. The second-order valence-electron chi connectivity index (χ2n) is 2.84. The van der Waals surface area contributed by atoms with Crippen LogP contribution in [0.25, 0.3) is 6.08 Å². The maximum Gasteiger partial charge on any atom is 0.330 e. The summed E-state index contributed by atoms with van der Waals surface area (Å²) in [5.41, 5.74) is 1.35. The second-order valence-corrected chi connectivity index (χ2v) is 2.84. The van der Waals surface area contributed by atoms with E-state index in [0.29, 0.717) is 5.56 Å². The molecule has 0 aromatic heterocycles. The predicted octanol–water partition coefficient (Wildman–Crippen LogP) is 2.05. The molecular weight excluding hydrogens is 197 g/mol.